The van der Waals surface area contributed by atoms with Gasteiger partial charge in [0.25, 0.3) is 0 Å². The Morgan fingerprint density at radius 2 is 0.500 bits per heavy atom. The highest BCUT2D eigenvalue weighted by atomic mass is 16.6. The molecule has 1 unspecified atom stereocenters. The van der Waals surface area contributed by atoms with Crippen molar-refractivity contribution in [3.05, 3.63) is 12.2 Å². The van der Waals surface area contributed by atoms with Crippen LogP contribution in [0.4, 0.5) is 0 Å². The molecule has 0 aliphatic rings. The second-order valence-corrected chi connectivity index (χ2v) is 20.3. The lowest BCUT2D eigenvalue weighted by Crippen LogP contribution is -2.30. The van der Waals surface area contributed by atoms with E-state index in [1.54, 1.807) is 0 Å². The van der Waals surface area contributed by atoms with Crippen molar-refractivity contribution >= 4 is 17.9 Å². The zero-order chi connectivity index (χ0) is 47.9. The van der Waals surface area contributed by atoms with Gasteiger partial charge in [0.1, 0.15) is 13.2 Å². The molecule has 0 amide bonds. The van der Waals surface area contributed by atoms with E-state index in [4.69, 9.17) is 14.2 Å². The summed E-state index contributed by atoms with van der Waals surface area (Å²) >= 11 is 0. The van der Waals surface area contributed by atoms with Crippen LogP contribution < -0.4 is 0 Å². The molecule has 0 bridgehead atoms. The van der Waals surface area contributed by atoms with Crippen LogP contribution in [-0.2, 0) is 28.6 Å². The number of esters is 3. The first-order chi connectivity index (χ1) is 32.5. The topological polar surface area (TPSA) is 78.9 Å². The molecule has 0 fully saturated rings. The smallest absolute Gasteiger partial charge is 0.306 e. The first kappa shape index (κ1) is 64.2. The molecule has 0 aliphatic carbocycles. The van der Waals surface area contributed by atoms with Crippen molar-refractivity contribution in [1.29, 1.82) is 0 Å². The molecule has 0 heterocycles. The number of rotatable bonds is 55. The van der Waals surface area contributed by atoms with Gasteiger partial charge in [0.05, 0.1) is 0 Å². The maximum absolute atomic E-state index is 12.8. The SMILES string of the molecule is CCCCCCCCCC/C=C\CCCCCCCCCCCC(=O)OCC(COC(=O)CCCCCCCCCCC)OC(=O)CCCCCCCCCCCCCCCCCCCC. The van der Waals surface area contributed by atoms with E-state index in [1.165, 1.54) is 238 Å². The summed E-state index contributed by atoms with van der Waals surface area (Å²) in [4.78, 5) is 38.1. The molecule has 390 valence electrons. The standard InChI is InChI=1S/C60H114O6/c1-4-7-10-13-16-19-21-23-25-27-29-30-31-33-34-36-38-41-44-47-50-53-59(62)65-56-57(55-64-58(61)52-49-46-43-40-18-15-12-9-6-3)66-60(63)54-51-48-45-42-39-37-35-32-28-26-24-22-20-17-14-11-8-5-2/h27,29,57H,4-26,28,30-56H2,1-3H3/b29-27-. The quantitative estimate of drug-likeness (QED) is 0.0262. The van der Waals surface area contributed by atoms with Gasteiger partial charge in [-0.15, -0.1) is 0 Å². The van der Waals surface area contributed by atoms with Gasteiger partial charge >= 0.3 is 17.9 Å². The fraction of sp³-hybridized carbons (Fsp3) is 0.917. The third-order valence-corrected chi connectivity index (χ3v) is 13.5. The summed E-state index contributed by atoms with van der Waals surface area (Å²) in [5, 5.41) is 0. The molecular weight excluding hydrogens is 817 g/mol. The Labute approximate surface area is 411 Å². The molecule has 0 N–H and O–H groups in total. The average molecular weight is 932 g/mol. The molecule has 0 aromatic carbocycles. The summed E-state index contributed by atoms with van der Waals surface area (Å²) in [7, 11) is 0. The molecule has 0 saturated heterocycles. The number of unbranched alkanes of at least 4 members (excludes halogenated alkanes) is 42. The van der Waals surface area contributed by atoms with E-state index in [1.807, 2.05) is 0 Å². The third-order valence-electron chi connectivity index (χ3n) is 13.5. The summed E-state index contributed by atoms with van der Waals surface area (Å²) < 4.78 is 16.9. The lowest BCUT2D eigenvalue weighted by molar-refractivity contribution is -0.167. The van der Waals surface area contributed by atoms with Gasteiger partial charge in [-0.05, 0) is 44.9 Å². The summed E-state index contributed by atoms with van der Waals surface area (Å²) in [6.07, 6.45) is 63.6. The van der Waals surface area contributed by atoms with Crippen LogP contribution in [0.2, 0.25) is 0 Å². The Morgan fingerprint density at radius 3 is 0.758 bits per heavy atom. The number of ether oxygens (including phenoxy) is 3. The molecule has 66 heavy (non-hydrogen) atoms. The van der Waals surface area contributed by atoms with E-state index in [9.17, 15) is 14.4 Å². The van der Waals surface area contributed by atoms with Crippen molar-refractivity contribution in [1.82, 2.24) is 0 Å². The highest BCUT2D eigenvalue weighted by Gasteiger charge is 2.19. The van der Waals surface area contributed by atoms with Gasteiger partial charge in [-0.2, -0.15) is 0 Å². The average Bonchev–Trinajstić information content (AvgIpc) is 3.31. The summed E-state index contributed by atoms with van der Waals surface area (Å²) in [5.41, 5.74) is 0. The minimum atomic E-state index is -0.764. The molecule has 0 spiro atoms. The maximum Gasteiger partial charge on any atom is 0.306 e. The first-order valence-corrected chi connectivity index (χ1v) is 29.7. The van der Waals surface area contributed by atoms with Gasteiger partial charge < -0.3 is 14.2 Å². The van der Waals surface area contributed by atoms with Gasteiger partial charge in [0.2, 0.25) is 0 Å². The van der Waals surface area contributed by atoms with E-state index in [0.717, 1.165) is 57.8 Å². The zero-order valence-electron chi connectivity index (χ0n) is 44.7. The Balaban J connectivity index is 4.20. The Morgan fingerprint density at radius 1 is 0.288 bits per heavy atom. The second-order valence-electron chi connectivity index (χ2n) is 20.3. The number of hydrogen-bond acceptors (Lipinski definition) is 6. The predicted octanol–water partition coefficient (Wildman–Crippen LogP) is 19.7. The van der Waals surface area contributed by atoms with Crippen LogP contribution in [0.15, 0.2) is 12.2 Å². The largest absolute Gasteiger partial charge is 0.462 e. The predicted molar refractivity (Wildman–Crippen MR) is 284 cm³/mol. The van der Waals surface area contributed by atoms with E-state index >= 15 is 0 Å². The van der Waals surface area contributed by atoms with Crippen molar-refractivity contribution in [2.45, 2.75) is 341 Å². The Hall–Kier alpha value is -1.85. The highest BCUT2D eigenvalue weighted by Crippen LogP contribution is 2.17. The summed E-state index contributed by atoms with van der Waals surface area (Å²) in [6, 6.07) is 0. The number of allylic oxidation sites excluding steroid dienone is 2. The normalized spacial score (nSPS) is 12.0. The minimum Gasteiger partial charge on any atom is -0.462 e. The zero-order valence-corrected chi connectivity index (χ0v) is 44.7. The monoisotopic (exact) mass is 931 g/mol. The lowest BCUT2D eigenvalue weighted by Gasteiger charge is -2.18. The van der Waals surface area contributed by atoms with Crippen LogP contribution in [0.3, 0.4) is 0 Å². The van der Waals surface area contributed by atoms with Gasteiger partial charge in [0.15, 0.2) is 6.10 Å². The van der Waals surface area contributed by atoms with Gasteiger partial charge in [-0.1, -0.05) is 283 Å². The maximum atomic E-state index is 12.8. The fourth-order valence-electron chi connectivity index (χ4n) is 9.03. The van der Waals surface area contributed by atoms with E-state index < -0.39 is 6.10 Å². The van der Waals surface area contributed by atoms with Crippen LogP contribution in [0.25, 0.3) is 0 Å². The van der Waals surface area contributed by atoms with Crippen LogP contribution in [-0.4, -0.2) is 37.2 Å². The molecule has 0 saturated carbocycles. The molecule has 6 nitrogen and oxygen atoms in total. The number of carbonyl (C=O) groups is 3. The lowest BCUT2D eigenvalue weighted by atomic mass is 10.0. The van der Waals surface area contributed by atoms with E-state index in [0.29, 0.717) is 19.3 Å². The number of hydrogen-bond donors (Lipinski definition) is 0. The van der Waals surface area contributed by atoms with Crippen LogP contribution in [0.5, 0.6) is 0 Å². The Bertz CT molecular complexity index is 1020. The van der Waals surface area contributed by atoms with Crippen molar-refractivity contribution in [3.63, 3.8) is 0 Å². The molecule has 1 atom stereocenters. The van der Waals surface area contributed by atoms with E-state index in [2.05, 4.69) is 32.9 Å². The van der Waals surface area contributed by atoms with Gasteiger partial charge in [0, 0.05) is 19.3 Å². The van der Waals surface area contributed by atoms with Gasteiger partial charge in [-0.25, -0.2) is 0 Å². The molecule has 0 aromatic heterocycles. The number of carbonyl (C=O) groups excluding carboxylic acids is 3. The van der Waals surface area contributed by atoms with Crippen molar-refractivity contribution in [3.8, 4) is 0 Å². The molecular formula is C60H114O6. The minimum absolute atomic E-state index is 0.0650. The summed E-state index contributed by atoms with van der Waals surface area (Å²) in [6.45, 7) is 6.68. The van der Waals surface area contributed by atoms with Crippen LogP contribution in [0, 0.1) is 0 Å². The van der Waals surface area contributed by atoms with Crippen molar-refractivity contribution < 1.29 is 28.6 Å². The van der Waals surface area contributed by atoms with Crippen LogP contribution >= 0.6 is 0 Å². The summed E-state index contributed by atoms with van der Waals surface area (Å²) in [5.74, 6) is -0.846. The fourth-order valence-corrected chi connectivity index (χ4v) is 9.03. The molecule has 0 aliphatic heterocycles. The van der Waals surface area contributed by atoms with Gasteiger partial charge in [-0.3, -0.25) is 14.4 Å². The van der Waals surface area contributed by atoms with Crippen molar-refractivity contribution in [2.24, 2.45) is 0 Å². The molecule has 0 rings (SSSR count). The molecule has 0 aromatic rings. The van der Waals surface area contributed by atoms with Crippen LogP contribution in [0.1, 0.15) is 335 Å². The molecule has 6 heteroatoms. The molecule has 0 radical (unpaired) electrons. The Kier molecular flexibility index (Phi) is 54.2. The highest BCUT2D eigenvalue weighted by molar-refractivity contribution is 5.71. The second kappa shape index (κ2) is 55.7. The first-order valence-electron chi connectivity index (χ1n) is 29.7. The van der Waals surface area contributed by atoms with E-state index in [-0.39, 0.29) is 31.1 Å². The third kappa shape index (κ3) is 53.1. The van der Waals surface area contributed by atoms with Crippen molar-refractivity contribution in [2.75, 3.05) is 13.2 Å².